The summed E-state index contributed by atoms with van der Waals surface area (Å²) < 4.78 is 6.57. The van der Waals surface area contributed by atoms with Gasteiger partial charge in [0.2, 0.25) is 0 Å². The number of fused-ring (bicyclic) bond motifs is 8. The Morgan fingerprint density at radius 1 is 0.388 bits per heavy atom. The number of benzene rings is 7. The van der Waals surface area contributed by atoms with E-state index in [1.807, 2.05) is 66.7 Å². The van der Waals surface area contributed by atoms with E-state index in [9.17, 15) is 0 Å². The van der Waals surface area contributed by atoms with Crippen molar-refractivity contribution in [3.8, 4) is 45.4 Å². The van der Waals surface area contributed by atoms with Gasteiger partial charge in [-0.05, 0) is 67.7 Å². The van der Waals surface area contributed by atoms with Gasteiger partial charge in [-0.2, -0.15) is 0 Å². The highest BCUT2D eigenvalue weighted by Crippen LogP contribution is 2.41. The maximum atomic E-state index is 6.57. The van der Waals surface area contributed by atoms with E-state index in [2.05, 4.69) is 84.9 Å². The molecule has 228 valence electrons. The fourth-order valence-electron chi connectivity index (χ4n) is 7.07. The molecule has 0 aliphatic rings. The summed E-state index contributed by atoms with van der Waals surface area (Å²) in [6.45, 7) is 0. The number of aromatic nitrogens is 4. The van der Waals surface area contributed by atoms with Gasteiger partial charge in [0.25, 0.3) is 0 Å². The molecular weight excluding hydrogens is 601 g/mol. The maximum Gasteiger partial charge on any atom is 0.183 e. The first-order chi connectivity index (χ1) is 24.3. The van der Waals surface area contributed by atoms with Crippen LogP contribution in [-0.2, 0) is 0 Å². The summed E-state index contributed by atoms with van der Waals surface area (Å²) in [7, 11) is 0. The van der Waals surface area contributed by atoms with Crippen molar-refractivity contribution in [1.82, 2.24) is 19.9 Å². The first-order valence-corrected chi connectivity index (χ1v) is 16.3. The van der Waals surface area contributed by atoms with Crippen LogP contribution in [0.2, 0.25) is 0 Å². The van der Waals surface area contributed by atoms with Crippen LogP contribution in [0.15, 0.2) is 162 Å². The van der Waals surface area contributed by atoms with Crippen LogP contribution in [0, 0.1) is 0 Å². The fraction of sp³-hybridized carbons (Fsp3) is 0. The number of rotatable bonds is 4. The molecule has 0 atom stereocenters. The summed E-state index contributed by atoms with van der Waals surface area (Å²) in [5.41, 5.74) is 6.24. The van der Waals surface area contributed by atoms with E-state index in [1.54, 1.807) is 6.20 Å². The molecule has 3 aromatic heterocycles. The lowest BCUT2D eigenvalue weighted by Gasteiger charge is -2.13. The van der Waals surface area contributed by atoms with Crippen LogP contribution in [0.5, 0.6) is 0 Å². The van der Waals surface area contributed by atoms with Crippen molar-refractivity contribution in [2.75, 3.05) is 0 Å². The predicted molar refractivity (Wildman–Crippen MR) is 199 cm³/mol. The minimum Gasteiger partial charge on any atom is -0.456 e. The van der Waals surface area contributed by atoms with Gasteiger partial charge in [-0.15, -0.1) is 0 Å². The zero-order valence-corrected chi connectivity index (χ0v) is 26.2. The minimum absolute atomic E-state index is 0.498. The van der Waals surface area contributed by atoms with E-state index >= 15 is 0 Å². The molecule has 0 saturated carbocycles. The average molecular weight is 627 g/mol. The van der Waals surface area contributed by atoms with E-state index < -0.39 is 0 Å². The fourth-order valence-corrected chi connectivity index (χ4v) is 7.07. The number of furan rings is 1. The number of hydrogen-bond donors (Lipinski definition) is 0. The Balaban J connectivity index is 1.19. The van der Waals surface area contributed by atoms with Gasteiger partial charge in [0.05, 0.1) is 5.39 Å². The molecule has 0 aliphatic heterocycles. The highest BCUT2D eigenvalue weighted by atomic mass is 16.3. The van der Waals surface area contributed by atoms with Crippen molar-refractivity contribution < 1.29 is 4.42 Å². The minimum atomic E-state index is 0.498. The van der Waals surface area contributed by atoms with Gasteiger partial charge < -0.3 is 4.42 Å². The summed E-state index contributed by atoms with van der Waals surface area (Å²) in [5.74, 6) is 1.68. The highest BCUT2D eigenvalue weighted by molar-refractivity contribution is 6.21. The van der Waals surface area contributed by atoms with E-state index in [0.717, 1.165) is 44.2 Å². The molecular formula is C44H26N4O. The molecule has 3 heterocycles. The Bertz CT molecular complexity index is 2820. The summed E-state index contributed by atoms with van der Waals surface area (Å²) in [4.78, 5) is 19.6. The maximum absolute atomic E-state index is 6.57. The molecule has 5 nitrogen and oxygen atoms in total. The smallest absolute Gasteiger partial charge is 0.183 e. The second-order valence-corrected chi connectivity index (χ2v) is 12.2. The van der Waals surface area contributed by atoms with E-state index in [-0.39, 0.29) is 0 Å². The molecule has 10 rings (SSSR count). The molecule has 49 heavy (non-hydrogen) atoms. The van der Waals surface area contributed by atoms with Gasteiger partial charge in [0.1, 0.15) is 16.9 Å². The second-order valence-electron chi connectivity index (χ2n) is 12.2. The molecule has 0 unspecified atom stereocenters. The van der Waals surface area contributed by atoms with Gasteiger partial charge in [-0.1, -0.05) is 127 Å². The van der Waals surface area contributed by atoms with Crippen molar-refractivity contribution in [3.63, 3.8) is 0 Å². The largest absolute Gasteiger partial charge is 0.456 e. The van der Waals surface area contributed by atoms with E-state index in [4.69, 9.17) is 24.4 Å². The molecule has 0 bridgehead atoms. The summed E-state index contributed by atoms with van der Waals surface area (Å²) in [5, 5.41) is 9.23. The average Bonchev–Trinajstić information content (AvgIpc) is 3.56. The zero-order chi connectivity index (χ0) is 32.3. The molecule has 0 radical (unpaired) electrons. The zero-order valence-electron chi connectivity index (χ0n) is 26.2. The standard InChI is InChI=1S/C44H26N4O/c1-3-12-28(13-4-1)42-46-43(29-14-5-2-6-15-29)48-44(47-42)41-40-35-22-20-30(25-39(35)49-38(40)23-24-45-41)36-26-37-31-16-8-7-11-27(31)19-21-34(37)32-17-9-10-18-33(32)36/h1-26H. The molecule has 0 spiro atoms. The first kappa shape index (κ1) is 27.4. The SMILES string of the molecule is c1ccc(-c2nc(-c3ccccc3)nc(-c3nccc4oc5cc(-c6cc7c8ccccc8ccc7c7ccccc67)ccc5c34)n2)cc1. The molecule has 0 saturated heterocycles. The molecule has 5 heteroatoms. The lowest BCUT2D eigenvalue weighted by Crippen LogP contribution is -2.01. The monoisotopic (exact) mass is 626 g/mol. The van der Waals surface area contributed by atoms with Crippen molar-refractivity contribution in [2.45, 2.75) is 0 Å². The lowest BCUT2D eigenvalue weighted by atomic mass is 9.91. The normalized spacial score (nSPS) is 11.7. The molecule has 0 aliphatic carbocycles. The Morgan fingerprint density at radius 3 is 1.76 bits per heavy atom. The Hall–Kier alpha value is -6.72. The summed E-state index contributed by atoms with van der Waals surface area (Å²) in [6.07, 6.45) is 1.76. The van der Waals surface area contributed by atoms with Crippen molar-refractivity contribution in [1.29, 1.82) is 0 Å². The summed E-state index contributed by atoms with van der Waals surface area (Å²) in [6, 6.07) is 52.4. The Kier molecular flexibility index (Phi) is 6.11. The van der Waals surface area contributed by atoms with Crippen LogP contribution < -0.4 is 0 Å². The highest BCUT2D eigenvalue weighted by Gasteiger charge is 2.20. The molecule has 0 amide bonds. The predicted octanol–water partition coefficient (Wildman–Crippen LogP) is 11.3. The van der Waals surface area contributed by atoms with E-state index in [1.165, 1.54) is 32.3 Å². The van der Waals surface area contributed by atoms with Crippen LogP contribution in [0.1, 0.15) is 0 Å². The van der Waals surface area contributed by atoms with Crippen LogP contribution in [0.25, 0.3) is 99.7 Å². The summed E-state index contributed by atoms with van der Waals surface area (Å²) >= 11 is 0. The third-order valence-corrected chi connectivity index (χ3v) is 9.37. The quantitative estimate of drug-likeness (QED) is 0.182. The van der Waals surface area contributed by atoms with Gasteiger partial charge in [0, 0.05) is 22.7 Å². The van der Waals surface area contributed by atoms with Crippen molar-refractivity contribution in [3.05, 3.63) is 158 Å². The number of nitrogens with zero attached hydrogens (tertiary/aromatic N) is 4. The third kappa shape index (κ3) is 4.48. The number of pyridine rings is 1. The Morgan fingerprint density at radius 2 is 1.00 bits per heavy atom. The molecule has 10 aromatic rings. The Labute approximate surface area is 281 Å². The van der Waals surface area contributed by atoms with Gasteiger partial charge in [-0.3, -0.25) is 4.98 Å². The van der Waals surface area contributed by atoms with E-state index in [0.29, 0.717) is 23.2 Å². The molecule has 7 aromatic carbocycles. The number of hydrogen-bond acceptors (Lipinski definition) is 5. The van der Waals surface area contributed by atoms with Gasteiger partial charge >= 0.3 is 0 Å². The van der Waals surface area contributed by atoms with Crippen LogP contribution >= 0.6 is 0 Å². The lowest BCUT2D eigenvalue weighted by molar-refractivity contribution is 0.668. The molecule has 0 fully saturated rings. The van der Waals surface area contributed by atoms with Crippen LogP contribution in [0.4, 0.5) is 0 Å². The van der Waals surface area contributed by atoms with Gasteiger partial charge in [0.15, 0.2) is 17.5 Å². The third-order valence-electron chi connectivity index (χ3n) is 9.37. The van der Waals surface area contributed by atoms with Crippen molar-refractivity contribution in [2.24, 2.45) is 0 Å². The first-order valence-electron chi connectivity index (χ1n) is 16.3. The van der Waals surface area contributed by atoms with Crippen LogP contribution in [-0.4, -0.2) is 19.9 Å². The van der Waals surface area contributed by atoms with Crippen LogP contribution in [0.3, 0.4) is 0 Å². The second kappa shape index (κ2) is 10.9. The molecule has 0 N–H and O–H groups in total. The van der Waals surface area contributed by atoms with Gasteiger partial charge in [-0.25, -0.2) is 15.0 Å². The van der Waals surface area contributed by atoms with Crippen molar-refractivity contribution >= 4 is 54.3 Å². The topological polar surface area (TPSA) is 64.7 Å².